The Bertz CT molecular complexity index is 1170. The Morgan fingerprint density at radius 2 is 1.77 bits per heavy atom. The van der Waals surface area contributed by atoms with Gasteiger partial charge in [-0.25, -0.2) is 4.68 Å². The summed E-state index contributed by atoms with van der Waals surface area (Å²) in [5.74, 6) is -0.601. The lowest BCUT2D eigenvalue weighted by Gasteiger charge is -2.16. The number of para-hydroxylation sites is 1. The first-order valence-electron chi connectivity index (χ1n) is 9.30. The molecule has 2 N–H and O–H groups in total. The van der Waals surface area contributed by atoms with Crippen molar-refractivity contribution in [1.29, 1.82) is 0 Å². The zero-order valence-electron chi connectivity index (χ0n) is 16.8. The molecule has 1 heterocycles. The van der Waals surface area contributed by atoms with E-state index >= 15 is 0 Å². The summed E-state index contributed by atoms with van der Waals surface area (Å²) in [5.41, 5.74) is 2.81. The van der Waals surface area contributed by atoms with Crippen molar-refractivity contribution in [1.82, 2.24) is 9.78 Å². The molecular weight excluding hydrogens is 404 g/mol. The molecule has 0 radical (unpaired) electrons. The lowest BCUT2D eigenvalue weighted by atomic mass is 10.1. The van der Waals surface area contributed by atoms with Gasteiger partial charge < -0.3 is 10.6 Å². The van der Waals surface area contributed by atoms with Gasteiger partial charge in [0.25, 0.3) is 5.56 Å². The minimum absolute atomic E-state index is 0.182. The van der Waals surface area contributed by atoms with E-state index < -0.39 is 17.5 Å². The van der Waals surface area contributed by atoms with Crippen LogP contribution in [0.3, 0.4) is 0 Å². The molecule has 30 heavy (non-hydrogen) atoms. The number of benzene rings is 2. The number of carbonyl (C=O) groups is 2. The number of hydrogen-bond donors (Lipinski definition) is 2. The summed E-state index contributed by atoms with van der Waals surface area (Å²) in [6, 6.07) is 14.4. The Labute approximate surface area is 178 Å². The molecule has 0 fully saturated rings. The average molecular weight is 425 g/mol. The van der Waals surface area contributed by atoms with Gasteiger partial charge in [0.1, 0.15) is 6.04 Å². The van der Waals surface area contributed by atoms with E-state index in [2.05, 4.69) is 15.7 Å². The molecule has 7 nitrogen and oxygen atoms in total. The molecule has 3 rings (SSSR count). The summed E-state index contributed by atoms with van der Waals surface area (Å²) in [7, 11) is 0. The first-order valence-corrected chi connectivity index (χ1v) is 9.68. The molecule has 1 atom stereocenters. The molecule has 154 valence electrons. The smallest absolute Gasteiger partial charge is 0.267 e. The van der Waals surface area contributed by atoms with Crippen molar-refractivity contribution in [2.45, 2.75) is 26.8 Å². The molecule has 2 amide bonds. The second-order valence-corrected chi connectivity index (χ2v) is 7.26. The van der Waals surface area contributed by atoms with Gasteiger partial charge in [-0.2, -0.15) is 5.10 Å². The molecule has 0 bridgehead atoms. The van der Waals surface area contributed by atoms with Gasteiger partial charge >= 0.3 is 0 Å². The number of anilines is 2. The Balaban J connectivity index is 1.92. The van der Waals surface area contributed by atoms with Gasteiger partial charge in [0, 0.05) is 24.2 Å². The highest BCUT2D eigenvalue weighted by molar-refractivity contribution is 6.33. The van der Waals surface area contributed by atoms with Crippen LogP contribution in [-0.2, 0) is 9.59 Å². The van der Waals surface area contributed by atoms with Crippen LogP contribution in [0.25, 0.3) is 11.3 Å². The summed E-state index contributed by atoms with van der Waals surface area (Å²) in [6.07, 6.45) is 0. The van der Waals surface area contributed by atoms with Gasteiger partial charge in [0.05, 0.1) is 16.4 Å². The first kappa shape index (κ1) is 21.3. The predicted octanol–water partition coefficient (Wildman–Crippen LogP) is 4.03. The maximum absolute atomic E-state index is 12.7. The standard InChI is InChI=1S/C22H21ClN4O3/c1-13-8-9-16(12-20(13)24-15(3)28)18-10-11-21(29)27(26-18)14(2)22(30)25-19-7-5-4-6-17(19)23/h4-12,14H,1-3H3,(H,24,28)(H,25,30)/t14-/m1/s1. The molecule has 0 saturated heterocycles. The maximum Gasteiger partial charge on any atom is 0.267 e. The van der Waals surface area contributed by atoms with Crippen LogP contribution in [-0.4, -0.2) is 21.6 Å². The van der Waals surface area contributed by atoms with Gasteiger partial charge in [0.15, 0.2) is 0 Å². The predicted molar refractivity (Wildman–Crippen MR) is 118 cm³/mol. The van der Waals surface area contributed by atoms with Crippen LogP contribution in [0.15, 0.2) is 59.4 Å². The monoisotopic (exact) mass is 424 g/mol. The minimum Gasteiger partial charge on any atom is -0.326 e. The molecule has 0 aliphatic carbocycles. The van der Waals surface area contributed by atoms with Crippen molar-refractivity contribution in [2.24, 2.45) is 0 Å². The average Bonchev–Trinajstić information content (AvgIpc) is 2.71. The summed E-state index contributed by atoms with van der Waals surface area (Å²) in [4.78, 5) is 36.5. The number of aryl methyl sites for hydroxylation is 1. The number of nitrogens with zero attached hydrogens (tertiary/aromatic N) is 2. The van der Waals surface area contributed by atoms with Crippen LogP contribution in [0.2, 0.25) is 5.02 Å². The summed E-state index contributed by atoms with van der Waals surface area (Å²) >= 11 is 6.09. The lowest BCUT2D eigenvalue weighted by Crippen LogP contribution is -2.33. The van der Waals surface area contributed by atoms with E-state index in [0.29, 0.717) is 27.7 Å². The third kappa shape index (κ3) is 4.75. The van der Waals surface area contributed by atoms with Crippen LogP contribution >= 0.6 is 11.6 Å². The molecule has 1 aromatic heterocycles. The molecule has 0 aliphatic rings. The van der Waals surface area contributed by atoms with E-state index in [9.17, 15) is 14.4 Å². The normalized spacial score (nSPS) is 11.6. The molecule has 0 aliphatic heterocycles. The number of aromatic nitrogens is 2. The number of halogens is 1. The van der Waals surface area contributed by atoms with E-state index in [1.165, 1.54) is 13.0 Å². The Morgan fingerprint density at radius 3 is 2.47 bits per heavy atom. The quantitative estimate of drug-likeness (QED) is 0.646. The van der Waals surface area contributed by atoms with Crippen molar-refractivity contribution < 1.29 is 9.59 Å². The topological polar surface area (TPSA) is 93.1 Å². The van der Waals surface area contributed by atoms with E-state index in [0.717, 1.165) is 10.2 Å². The molecule has 8 heteroatoms. The molecule has 0 saturated carbocycles. The number of hydrogen-bond acceptors (Lipinski definition) is 4. The van der Waals surface area contributed by atoms with Gasteiger partial charge in [-0.05, 0) is 43.7 Å². The van der Waals surface area contributed by atoms with Crippen LogP contribution in [0.5, 0.6) is 0 Å². The number of amides is 2. The summed E-state index contributed by atoms with van der Waals surface area (Å²) < 4.78 is 1.12. The largest absolute Gasteiger partial charge is 0.326 e. The zero-order valence-corrected chi connectivity index (χ0v) is 17.5. The highest BCUT2D eigenvalue weighted by Crippen LogP contribution is 2.24. The SMILES string of the molecule is CC(=O)Nc1cc(-c2ccc(=O)n([C@H](C)C(=O)Nc3ccccc3Cl)n2)ccc1C. The molecule has 0 unspecified atom stereocenters. The Kier molecular flexibility index (Phi) is 6.32. The number of carbonyl (C=O) groups excluding carboxylic acids is 2. The van der Waals surface area contributed by atoms with Gasteiger partial charge in [-0.15, -0.1) is 0 Å². The van der Waals surface area contributed by atoms with E-state index in [1.54, 1.807) is 43.3 Å². The van der Waals surface area contributed by atoms with Gasteiger partial charge in [0.2, 0.25) is 11.8 Å². The maximum atomic E-state index is 12.7. The van der Waals surface area contributed by atoms with Crippen molar-refractivity contribution in [3.63, 3.8) is 0 Å². The number of rotatable bonds is 5. The third-order valence-corrected chi connectivity index (χ3v) is 4.88. The van der Waals surface area contributed by atoms with Crippen LogP contribution < -0.4 is 16.2 Å². The second kappa shape index (κ2) is 8.92. The summed E-state index contributed by atoms with van der Waals surface area (Å²) in [6.45, 7) is 4.90. The number of nitrogens with one attached hydrogen (secondary N) is 2. The zero-order chi connectivity index (χ0) is 21.8. The van der Waals surface area contributed by atoms with Gasteiger partial charge in [-0.1, -0.05) is 35.9 Å². The molecule has 3 aromatic rings. The highest BCUT2D eigenvalue weighted by atomic mass is 35.5. The fraction of sp³-hybridized carbons (Fsp3) is 0.182. The van der Waals surface area contributed by atoms with Crippen LogP contribution in [0.1, 0.15) is 25.5 Å². The molecular formula is C22H21ClN4O3. The fourth-order valence-electron chi connectivity index (χ4n) is 2.87. The third-order valence-electron chi connectivity index (χ3n) is 4.55. The van der Waals surface area contributed by atoms with Crippen LogP contribution in [0, 0.1) is 6.92 Å². The van der Waals surface area contributed by atoms with Crippen molar-refractivity contribution >= 4 is 34.8 Å². The fourth-order valence-corrected chi connectivity index (χ4v) is 3.06. The lowest BCUT2D eigenvalue weighted by molar-refractivity contribution is -0.119. The van der Waals surface area contributed by atoms with Crippen LogP contribution in [0.4, 0.5) is 11.4 Å². The Hall–Kier alpha value is -3.45. The van der Waals surface area contributed by atoms with E-state index in [-0.39, 0.29) is 5.91 Å². The van der Waals surface area contributed by atoms with Gasteiger partial charge in [-0.3, -0.25) is 14.4 Å². The van der Waals surface area contributed by atoms with E-state index in [1.807, 2.05) is 19.1 Å². The van der Waals surface area contributed by atoms with Crippen molar-refractivity contribution in [3.05, 3.63) is 75.5 Å². The van der Waals surface area contributed by atoms with Crippen molar-refractivity contribution in [2.75, 3.05) is 10.6 Å². The molecule has 0 spiro atoms. The minimum atomic E-state index is -0.867. The Morgan fingerprint density at radius 1 is 1.03 bits per heavy atom. The molecule has 2 aromatic carbocycles. The first-order chi connectivity index (χ1) is 14.3. The summed E-state index contributed by atoms with van der Waals surface area (Å²) in [5, 5.41) is 10.3. The van der Waals surface area contributed by atoms with Crippen molar-refractivity contribution in [3.8, 4) is 11.3 Å². The second-order valence-electron chi connectivity index (χ2n) is 6.86. The highest BCUT2D eigenvalue weighted by Gasteiger charge is 2.19. The van der Waals surface area contributed by atoms with E-state index in [4.69, 9.17) is 11.6 Å².